The lowest BCUT2D eigenvalue weighted by Gasteiger charge is -2.34. The number of piperidine rings is 2. The maximum atomic E-state index is 13.4. The highest BCUT2D eigenvalue weighted by Gasteiger charge is 2.32. The average Bonchev–Trinajstić information content (AvgIpc) is 2.74. The van der Waals surface area contributed by atoms with Crippen LogP contribution in [0.15, 0.2) is 18.2 Å². The number of benzene rings is 1. The van der Waals surface area contributed by atoms with Gasteiger partial charge in [-0.1, -0.05) is 23.2 Å². The number of carbonyl (C=O) groups is 1. The predicted molar refractivity (Wildman–Crippen MR) is 141 cm³/mol. The molecule has 2 aliphatic heterocycles. The number of likely N-dealkylation sites (tertiary alicyclic amines) is 1. The number of hydrogen-bond acceptors (Lipinski definition) is 5. The minimum Gasteiger partial charge on any atom is -0.328 e. The number of anilines is 1. The Morgan fingerprint density at radius 2 is 1.67 bits per heavy atom. The maximum absolute atomic E-state index is 13.4. The summed E-state index contributed by atoms with van der Waals surface area (Å²) in [4.78, 5) is 17.6. The molecule has 2 aliphatic rings. The van der Waals surface area contributed by atoms with Crippen molar-refractivity contribution in [3.8, 4) is 0 Å². The first-order valence-corrected chi connectivity index (χ1v) is 13.4. The molecular formula is C21H34Cl4N4O3S. The van der Waals surface area contributed by atoms with E-state index in [-0.39, 0.29) is 36.6 Å². The van der Waals surface area contributed by atoms with Gasteiger partial charge in [0.2, 0.25) is 15.9 Å². The average molecular weight is 564 g/mol. The van der Waals surface area contributed by atoms with E-state index in [1.807, 2.05) is 6.07 Å². The molecule has 12 heteroatoms. The number of rotatable bonds is 7. The van der Waals surface area contributed by atoms with E-state index in [9.17, 15) is 13.2 Å². The molecule has 0 aliphatic carbocycles. The normalized spacial score (nSPS) is 18.9. The van der Waals surface area contributed by atoms with Gasteiger partial charge in [-0.25, -0.2) is 12.7 Å². The highest BCUT2D eigenvalue weighted by atomic mass is 35.5. The second-order valence-corrected chi connectivity index (χ2v) is 11.4. The van der Waals surface area contributed by atoms with E-state index in [0.717, 1.165) is 44.6 Å². The lowest BCUT2D eigenvalue weighted by atomic mass is 9.96. The van der Waals surface area contributed by atoms with Crippen LogP contribution in [0.4, 0.5) is 5.69 Å². The fourth-order valence-electron chi connectivity index (χ4n) is 4.30. The van der Waals surface area contributed by atoms with Gasteiger partial charge in [0.25, 0.3) is 0 Å². The third-order valence-electron chi connectivity index (χ3n) is 6.24. The van der Waals surface area contributed by atoms with E-state index in [0.29, 0.717) is 48.6 Å². The number of hydrogen-bond donors (Lipinski definition) is 1. The highest BCUT2D eigenvalue weighted by Crippen LogP contribution is 2.30. The summed E-state index contributed by atoms with van der Waals surface area (Å²) in [6, 6.07) is 5.55. The van der Waals surface area contributed by atoms with Gasteiger partial charge in [0, 0.05) is 37.3 Å². The van der Waals surface area contributed by atoms with Gasteiger partial charge in [0.1, 0.15) is 0 Å². The van der Waals surface area contributed by atoms with Crippen LogP contribution in [-0.4, -0.2) is 75.1 Å². The van der Waals surface area contributed by atoms with Gasteiger partial charge in [-0.2, -0.15) is 0 Å². The van der Waals surface area contributed by atoms with Crippen molar-refractivity contribution in [2.75, 3.05) is 50.4 Å². The lowest BCUT2D eigenvalue weighted by Crippen LogP contribution is -2.45. The van der Waals surface area contributed by atoms with Gasteiger partial charge >= 0.3 is 0 Å². The monoisotopic (exact) mass is 562 g/mol. The van der Waals surface area contributed by atoms with E-state index in [1.54, 1.807) is 17.0 Å². The van der Waals surface area contributed by atoms with Crippen LogP contribution in [-0.2, 0) is 14.8 Å². The van der Waals surface area contributed by atoms with Crippen LogP contribution >= 0.6 is 48.0 Å². The number of nitrogens with zero attached hydrogens (tertiary/aromatic N) is 3. The van der Waals surface area contributed by atoms with Gasteiger partial charge in [-0.3, -0.25) is 4.79 Å². The molecule has 0 atom stereocenters. The fraction of sp³-hybridized carbons (Fsp3) is 0.667. The van der Waals surface area contributed by atoms with E-state index >= 15 is 0 Å². The molecule has 0 radical (unpaired) electrons. The van der Waals surface area contributed by atoms with Crippen LogP contribution in [0, 0.1) is 5.92 Å². The summed E-state index contributed by atoms with van der Waals surface area (Å²) >= 11 is 12.3. The summed E-state index contributed by atoms with van der Waals surface area (Å²) in [6.07, 6.45) is 5.11. The SMILES string of the molecule is CS(=O)(=O)N1CCC(C(=O)N(CCCN2CCC(N)CC2)c2ccc(Cl)c(Cl)c2)CC1.Cl.Cl. The number of amides is 1. The fourth-order valence-corrected chi connectivity index (χ4v) is 5.47. The molecular weight excluding hydrogens is 530 g/mol. The Balaban J connectivity index is 0.00000272. The van der Waals surface area contributed by atoms with E-state index in [1.165, 1.54) is 10.6 Å². The minimum atomic E-state index is -3.23. The zero-order chi connectivity index (χ0) is 22.6. The molecule has 0 aromatic heterocycles. The van der Waals surface area contributed by atoms with Gasteiger partial charge < -0.3 is 15.5 Å². The summed E-state index contributed by atoms with van der Waals surface area (Å²) in [7, 11) is -3.23. The summed E-state index contributed by atoms with van der Waals surface area (Å²) in [5.41, 5.74) is 6.72. The third-order valence-corrected chi connectivity index (χ3v) is 8.28. The Labute approximate surface area is 219 Å². The van der Waals surface area contributed by atoms with Crippen LogP contribution in [0.5, 0.6) is 0 Å². The van der Waals surface area contributed by atoms with Crippen LogP contribution in [0.3, 0.4) is 0 Å². The van der Waals surface area contributed by atoms with Crippen molar-refractivity contribution in [2.24, 2.45) is 11.7 Å². The highest BCUT2D eigenvalue weighted by molar-refractivity contribution is 7.88. The molecule has 2 fully saturated rings. The molecule has 0 unspecified atom stereocenters. The van der Waals surface area contributed by atoms with Crippen LogP contribution in [0.2, 0.25) is 10.0 Å². The second-order valence-electron chi connectivity index (χ2n) is 8.56. The smallest absolute Gasteiger partial charge is 0.230 e. The number of halogens is 4. The van der Waals surface area contributed by atoms with Crippen LogP contribution in [0.1, 0.15) is 32.1 Å². The predicted octanol–water partition coefficient (Wildman–Crippen LogP) is 3.65. The number of nitrogens with two attached hydrogens (primary N) is 1. The standard InChI is InChI=1S/C21H32Cl2N4O3S.2ClH/c1-31(29,30)26-13-5-16(6-14-26)21(28)27(18-3-4-19(22)20(23)15-18)10-2-9-25-11-7-17(24)8-12-25;;/h3-4,15-17H,2,5-14,24H2,1H3;2*1H. The largest absolute Gasteiger partial charge is 0.328 e. The Hall–Kier alpha value is -0.320. The Kier molecular flexibility index (Phi) is 12.7. The van der Waals surface area contributed by atoms with Crippen molar-refractivity contribution < 1.29 is 13.2 Å². The summed E-state index contributed by atoms with van der Waals surface area (Å²) in [5.74, 6) is -0.187. The van der Waals surface area contributed by atoms with Gasteiger partial charge in [-0.15, -0.1) is 24.8 Å². The first kappa shape index (κ1) is 30.7. The molecule has 2 saturated heterocycles. The number of sulfonamides is 1. The molecule has 190 valence electrons. The molecule has 0 spiro atoms. The second kappa shape index (κ2) is 13.7. The van der Waals surface area contributed by atoms with E-state index in [4.69, 9.17) is 28.9 Å². The zero-order valence-electron chi connectivity index (χ0n) is 18.8. The first-order chi connectivity index (χ1) is 14.6. The summed E-state index contributed by atoms with van der Waals surface area (Å²) in [5, 5.41) is 0.859. The first-order valence-electron chi connectivity index (χ1n) is 10.8. The summed E-state index contributed by atoms with van der Waals surface area (Å²) in [6.45, 7) is 4.21. The molecule has 0 saturated carbocycles. The topological polar surface area (TPSA) is 87.0 Å². The van der Waals surface area contributed by atoms with Crippen molar-refractivity contribution in [3.05, 3.63) is 28.2 Å². The van der Waals surface area contributed by atoms with E-state index in [2.05, 4.69) is 4.90 Å². The van der Waals surface area contributed by atoms with E-state index < -0.39 is 10.0 Å². The molecule has 0 bridgehead atoms. The van der Waals surface area contributed by atoms with Gasteiger partial charge in [0.15, 0.2) is 0 Å². The van der Waals surface area contributed by atoms with Crippen molar-refractivity contribution in [3.63, 3.8) is 0 Å². The molecule has 2 N–H and O–H groups in total. The maximum Gasteiger partial charge on any atom is 0.230 e. The van der Waals surface area contributed by atoms with Crippen molar-refractivity contribution in [1.29, 1.82) is 0 Å². The molecule has 2 heterocycles. The molecule has 1 aromatic carbocycles. The summed E-state index contributed by atoms with van der Waals surface area (Å²) < 4.78 is 25.0. The Morgan fingerprint density at radius 1 is 1.06 bits per heavy atom. The molecule has 1 aromatic rings. The van der Waals surface area contributed by atoms with Gasteiger partial charge in [0.05, 0.1) is 16.3 Å². The van der Waals surface area contributed by atoms with Gasteiger partial charge in [-0.05, 0) is 69.9 Å². The van der Waals surface area contributed by atoms with Crippen molar-refractivity contribution in [1.82, 2.24) is 9.21 Å². The zero-order valence-corrected chi connectivity index (χ0v) is 22.8. The third kappa shape index (κ3) is 8.69. The number of carbonyl (C=O) groups excluding carboxylic acids is 1. The lowest BCUT2D eigenvalue weighted by molar-refractivity contribution is -0.123. The molecule has 1 amide bonds. The van der Waals surface area contributed by atoms with Crippen molar-refractivity contribution in [2.45, 2.75) is 38.1 Å². The van der Waals surface area contributed by atoms with Crippen molar-refractivity contribution >= 4 is 69.6 Å². The molecule has 3 rings (SSSR count). The van der Waals surface area contributed by atoms with Crippen LogP contribution < -0.4 is 10.6 Å². The molecule has 7 nitrogen and oxygen atoms in total. The quantitative estimate of drug-likeness (QED) is 0.547. The Bertz CT molecular complexity index is 874. The van der Waals surface area contributed by atoms with Crippen LogP contribution in [0.25, 0.3) is 0 Å². The minimum absolute atomic E-state index is 0. The Morgan fingerprint density at radius 3 is 2.21 bits per heavy atom. The molecule has 33 heavy (non-hydrogen) atoms.